The van der Waals surface area contributed by atoms with Gasteiger partial charge in [0, 0.05) is 6.20 Å². The second-order valence-corrected chi connectivity index (χ2v) is 9.61. The number of aryl methyl sites for hydroxylation is 1. The zero-order valence-electron chi connectivity index (χ0n) is 20.6. The van der Waals surface area contributed by atoms with Crippen LogP contribution in [0.25, 0.3) is 11.8 Å². The van der Waals surface area contributed by atoms with Crippen LogP contribution in [-0.4, -0.2) is 71.1 Å². The van der Waals surface area contributed by atoms with Gasteiger partial charge in [-0.1, -0.05) is 23.4 Å². The van der Waals surface area contributed by atoms with Crippen LogP contribution in [0.15, 0.2) is 65.9 Å². The van der Waals surface area contributed by atoms with E-state index in [-0.39, 0.29) is 19.0 Å². The minimum absolute atomic E-state index is 0.107. The van der Waals surface area contributed by atoms with Crippen LogP contribution in [-0.2, 0) is 19.9 Å². The van der Waals surface area contributed by atoms with E-state index in [1.165, 1.54) is 12.1 Å². The molecule has 3 aliphatic heterocycles. The van der Waals surface area contributed by atoms with Crippen LogP contribution in [0.4, 0.5) is 4.39 Å². The second kappa shape index (κ2) is 8.89. The maximum Gasteiger partial charge on any atom is 0.211 e. The van der Waals surface area contributed by atoms with E-state index in [0.29, 0.717) is 37.1 Å². The number of amidine groups is 1. The van der Waals surface area contributed by atoms with Crippen LogP contribution < -0.4 is 4.74 Å². The van der Waals surface area contributed by atoms with Crippen molar-refractivity contribution < 1.29 is 28.5 Å². The molecule has 0 amide bonds. The van der Waals surface area contributed by atoms with Crippen molar-refractivity contribution in [2.75, 3.05) is 40.1 Å². The van der Waals surface area contributed by atoms with Crippen LogP contribution in [0.2, 0.25) is 0 Å². The van der Waals surface area contributed by atoms with E-state index in [1.54, 1.807) is 25.6 Å². The fraction of sp³-hybridized carbons (Fsp3) is 0.333. The topological polar surface area (TPSA) is 90.6 Å². The number of morpholine rings is 1. The number of nitrogens with zero attached hydrogens (tertiary/aromatic N) is 4. The van der Waals surface area contributed by atoms with Gasteiger partial charge in [0.2, 0.25) is 5.84 Å². The number of methoxy groups -OCH3 is 1. The first-order chi connectivity index (χ1) is 17.9. The lowest BCUT2D eigenvalue weighted by Gasteiger charge is -2.55. The monoisotopic (exact) mass is 506 g/mol. The third kappa shape index (κ3) is 3.93. The molecule has 9 nitrogen and oxygen atoms in total. The highest BCUT2D eigenvalue weighted by Gasteiger charge is 2.55. The number of aliphatic hydroxyl groups excluding tert-OH is 1. The zero-order valence-corrected chi connectivity index (χ0v) is 20.6. The largest absolute Gasteiger partial charge is 0.495 e. The Morgan fingerprint density at radius 2 is 1.97 bits per heavy atom. The Kier molecular flexibility index (Phi) is 5.65. The Labute approximate surface area is 213 Å². The van der Waals surface area contributed by atoms with Gasteiger partial charge >= 0.3 is 0 Å². The summed E-state index contributed by atoms with van der Waals surface area (Å²) in [5, 5.41) is 15.0. The lowest BCUT2D eigenvalue weighted by Crippen LogP contribution is -2.69. The number of hydrogen-bond acceptors (Lipinski definition) is 8. The maximum absolute atomic E-state index is 13.7. The summed E-state index contributed by atoms with van der Waals surface area (Å²) in [5.74, 6) is 1.26. The predicted molar refractivity (Wildman–Crippen MR) is 133 cm³/mol. The molecule has 2 saturated heterocycles. The molecule has 0 saturated carbocycles. The molecular weight excluding hydrogens is 479 g/mol. The first-order valence-corrected chi connectivity index (χ1v) is 12.0. The molecule has 0 aliphatic carbocycles. The Bertz CT molecular complexity index is 1380. The van der Waals surface area contributed by atoms with Crippen LogP contribution in [0.3, 0.4) is 0 Å². The van der Waals surface area contributed by atoms with Crippen molar-refractivity contribution in [1.29, 1.82) is 0 Å². The average molecular weight is 507 g/mol. The summed E-state index contributed by atoms with van der Waals surface area (Å²) in [4.78, 5) is 11.9. The summed E-state index contributed by atoms with van der Waals surface area (Å²) >= 11 is 0. The number of aliphatic hydroxyl groups is 1. The summed E-state index contributed by atoms with van der Waals surface area (Å²) in [7, 11) is 1.62. The first kappa shape index (κ1) is 23.5. The quantitative estimate of drug-likeness (QED) is 0.569. The Morgan fingerprint density at radius 1 is 1.16 bits per heavy atom. The van der Waals surface area contributed by atoms with E-state index in [0.717, 1.165) is 22.5 Å². The zero-order chi connectivity index (χ0) is 25.6. The molecule has 2 aromatic carbocycles. The van der Waals surface area contributed by atoms with Crippen molar-refractivity contribution in [1.82, 2.24) is 14.5 Å². The smallest absolute Gasteiger partial charge is 0.211 e. The molecule has 192 valence electrons. The minimum Gasteiger partial charge on any atom is -0.495 e. The van der Waals surface area contributed by atoms with Crippen molar-refractivity contribution in [3.63, 3.8) is 0 Å². The van der Waals surface area contributed by atoms with Gasteiger partial charge in [0.25, 0.3) is 0 Å². The molecule has 1 atom stereocenters. The van der Waals surface area contributed by atoms with E-state index < -0.39 is 11.1 Å². The highest BCUT2D eigenvalue weighted by atomic mass is 19.1. The molecule has 1 spiro atoms. The van der Waals surface area contributed by atoms with Gasteiger partial charge in [0.15, 0.2) is 11.4 Å². The van der Waals surface area contributed by atoms with E-state index in [4.69, 9.17) is 19.0 Å². The molecule has 1 N–H and O–H groups in total. The number of imidazole rings is 1. The fourth-order valence-electron chi connectivity index (χ4n) is 5.03. The molecule has 10 heteroatoms. The third-order valence-corrected chi connectivity index (χ3v) is 7.08. The second-order valence-electron chi connectivity index (χ2n) is 9.61. The lowest BCUT2D eigenvalue weighted by atomic mass is 9.85. The van der Waals surface area contributed by atoms with E-state index in [9.17, 15) is 9.50 Å². The van der Waals surface area contributed by atoms with Crippen molar-refractivity contribution >= 4 is 11.9 Å². The molecule has 3 aromatic rings. The average Bonchev–Trinajstić information content (AvgIpc) is 3.33. The third-order valence-electron chi connectivity index (χ3n) is 7.08. The Hall–Kier alpha value is -3.89. The molecule has 2 fully saturated rings. The highest BCUT2D eigenvalue weighted by Crippen LogP contribution is 2.42. The number of oxime groups is 1. The number of rotatable bonds is 5. The van der Waals surface area contributed by atoms with Crippen LogP contribution >= 0.6 is 0 Å². The highest BCUT2D eigenvalue weighted by molar-refractivity contribution is 6.01. The fourth-order valence-corrected chi connectivity index (χ4v) is 5.03. The standard InChI is InChI=1S/C27H27FN4O5/c1-18-11-31(17-29-18)22-8-3-19(9-23(22)34-2)10-24-25-30-36-16-27(13-33,20-4-6-21(28)7-5-20)32(25)12-26(37-24)14-35-15-26/h3-11,17,33H,12-16H2,1-2H3/b24-10-. The summed E-state index contributed by atoms with van der Waals surface area (Å²) in [5.41, 5.74) is 1.75. The maximum atomic E-state index is 13.7. The summed E-state index contributed by atoms with van der Waals surface area (Å²) < 4.78 is 33.3. The molecule has 1 unspecified atom stereocenters. The number of fused-ring (bicyclic) bond motifs is 1. The molecule has 0 bridgehead atoms. The van der Waals surface area contributed by atoms with Gasteiger partial charge in [-0.2, -0.15) is 0 Å². The van der Waals surface area contributed by atoms with Gasteiger partial charge < -0.3 is 33.6 Å². The van der Waals surface area contributed by atoms with Crippen LogP contribution in [0.5, 0.6) is 5.75 Å². The predicted octanol–water partition coefficient (Wildman–Crippen LogP) is 3.00. The van der Waals surface area contributed by atoms with Gasteiger partial charge in [-0.05, 0) is 48.4 Å². The van der Waals surface area contributed by atoms with Gasteiger partial charge in [0.1, 0.15) is 23.7 Å². The molecule has 3 aliphatic rings. The molecular formula is C27H27FN4O5. The summed E-state index contributed by atoms with van der Waals surface area (Å²) in [6, 6.07) is 11.9. The molecule has 4 heterocycles. The molecule has 37 heavy (non-hydrogen) atoms. The lowest BCUT2D eigenvalue weighted by molar-refractivity contribution is -0.213. The van der Waals surface area contributed by atoms with Crippen molar-refractivity contribution in [2.24, 2.45) is 5.16 Å². The summed E-state index contributed by atoms with van der Waals surface area (Å²) in [6.45, 7) is 3.03. The van der Waals surface area contributed by atoms with Crippen LogP contribution in [0, 0.1) is 12.7 Å². The number of halogens is 1. The number of ether oxygens (including phenoxy) is 3. The van der Waals surface area contributed by atoms with E-state index in [2.05, 4.69) is 10.1 Å². The molecule has 6 rings (SSSR count). The van der Waals surface area contributed by atoms with Crippen molar-refractivity contribution in [2.45, 2.75) is 18.1 Å². The van der Waals surface area contributed by atoms with Crippen molar-refractivity contribution in [3.8, 4) is 11.4 Å². The van der Waals surface area contributed by atoms with Gasteiger partial charge in [-0.25, -0.2) is 9.37 Å². The molecule has 0 radical (unpaired) electrons. The SMILES string of the molecule is COc1cc(/C=C2\OC3(COC3)CN3C2=NOCC3(CO)c2ccc(F)cc2)ccc1-n1cnc(C)c1. The number of aromatic nitrogens is 2. The molecule has 1 aromatic heterocycles. The van der Waals surface area contributed by atoms with Crippen molar-refractivity contribution in [3.05, 3.63) is 83.4 Å². The van der Waals surface area contributed by atoms with Gasteiger partial charge in [-0.15, -0.1) is 0 Å². The number of hydrogen-bond donors (Lipinski definition) is 1. The van der Waals surface area contributed by atoms with Gasteiger partial charge in [0.05, 0.1) is 51.2 Å². The first-order valence-electron chi connectivity index (χ1n) is 12.0. The Morgan fingerprint density at radius 3 is 2.62 bits per heavy atom. The summed E-state index contributed by atoms with van der Waals surface area (Å²) in [6.07, 6.45) is 5.54. The van der Waals surface area contributed by atoms with E-state index in [1.807, 2.05) is 46.9 Å². The van der Waals surface area contributed by atoms with Gasteiger partial charge in [-0.3, -0.25) is 0 Å². The Balaban J connectivity index is 1.41. The van der Waals surface area contributed by atoms with Crippen LogP contribution in [0.1, 0.15) is 16.8 Å². The van der Waals surface area contributed by atoms with E-state index >= 15 is 0 Å². The number of benzene rings is 2. The normalized spacial score (nSPS) is 23.1. The minimum atomic E-state index is -0.961.